The maximum absolute atomic E-state index is 4.74. The quantitative estimate of drug-likeness (QED) is 0.863. The maximum Gasteiger partial charge on any atom is 0.183 e. The lowest BCUT2D eigenvalue weighted by Crippen LogP contribution is -1.99. The van der Waals surface area contributed by atoms with Crippen molar-refractivity contribution in [3.05, 3.63) is 34.7 Å². The molecule has 1 aliphatic rings. The van der Waals surface area contributed by atoms with Crippen molar-refractivity contribution in [3.8, 4) is 11.3 Å². The molecule has 0 spiro atoms. The van der Waals surface area contributed by atoms with Gasteiger partial charge in [0.05, 0.1) is 5.69 Å². The zero-order valence-electron chi connectivity index (χ0n) is 11.7. The smallest absolute Gasteiger partial charge is 0.183 e. The molecule has 0 radical (unpaired) electrons. The van der Waals surface area contributed by atoms with E-state index in [0.29, 0.717) is 12.0 Å². The average molecular weight is 272 g/mol. The van der Waals surface area contributed by atoms with Crippen LogP contribution in [0.15, 0.2) is 24.3 Å². The van der Waals surface area contributed by atoms with Crippen molar-refractivity contribution in [1.82, 2.24) is 4.98 Å². The van der Waals surface area contributed by atoms with Crippen LogP contribution in [0.3, 0.4) is 0 Å². The molecule has 0 atom stereocenters. The van der Waals surface area contributed by atoms with Crippen molar-refractivity contribution < 1.29 is 0 Å². The van der Waals surface area contributed by atoms with Crippen molar-refractivity contribution in [2.24, 2.45) is 0 Å². The van der Waals surface area contributed by atoms with Gasteiger partial charge in [0.25, 0.3) is 0 Å². The fraction of sp³-hybridized carbons (Fsp3) is 0.438. The van der Waals surface area contributed by atoms with Gasteiger partial charge in [-0.1, -0.05) is 38.1 Å². The standard InChI is InChI=1S/C16H20N2S/c1-10(2)12-4-6-13(7-5-12)15-11(3)19-16(18-15)17-14-8-9-14/h4-7,10,14H,8-9H2,1-3H3,(H,17,18). The van der Waals surface area contributed by atoms with E-state index in [9.17, 15) is 0 Å². The summed E-state index contributed by atoms with van der Waals surface area (Å²) in [6.07, 6.45) is 2.58. The van der Waals surface area contributed by atoms with E-state index < -0.39 is 0 Å². The molecule has 0 bridgehead atoms. The van der Waals surface area contributed by atoms with Crippen LogP contribution in [0.2, 0.25) is 0 Å². The summed E-state index contributed by atoms with van der Waals surface area (Å²) in [6, 6.07) is 9.48. The molecule has 19 heavy (non-hydrogen) atoms. The highest BCUT2D eigenvalue weighted by molar-refractivity contribution is 7.16. The van der Waals surface area contributed by atoms with Crippen LogP contribution in [0, 0.1) is 6.92 Å². The average Bonchev–Trinajstić information content (AvgIpc) is 3.12. The number of nitrogens with zero attached hydrogens (tertiary/aromatic N) is 1. The van der Waals surface area contributed by atoms with E-state index >= 15 is 0 Å². The summed E-state index contributed by atoms with van der Waals surface area (Å²) >= 11 is 1.77. The first-order chi connectivity index (χ1) is 9.13. The maximum atomic E-state index is 4.74. The molecule has 2 nitrogen and oxygen atoms in total. The Kier molecular flexibility index (Phi) is 3.31. The van der Waals surface area contributed by atoms with Gasteiger partial charge in [0.1, 0.15) is 0 Å². The van der Waals surface area contributed by atoms with Crippen molar-refractivity contribution in [2.45, 2.75) is 45.6 Å². The highest BCUT2D eigenvalue weighted by Gasteiger charge is 2.22. The molecule has 2 aromatic rings. The van der Waals surface area contributed by atoms with Gasteiger partial charge in [0, 0.05) is 16.5 Å². The second-order valence-electron chi connectivity index (χ2n) is 5.62. The van der Waals surface area contributed by atoms with Crippen LogP contribution >= 0.6 is 11.3 Å². The molecule has 100 valence electrons. The Morgan fingerprint density at radius 1 is 1.21 bits per heavy atom. The molecule has 3 heteroatoms. The third-order valence-corrected chi connectivity index (χ3v) is 4.45. The van der Waals surface area contributed by atoms with Crippen molar-refractivity contribution in [2.75, 3.05) is 5.32 Å². The molecule has 3 rings (SSSR count). The molecule has 1 saturated carbocycles. The van der Waals surface area contributed by atoms with Gasteiger partial charge in [-0.25, -0.2) is 4.98 Å². The summed E-state index contributed by atoms with van der Waals surface area (Å²) in [5, 5.41) is 4.56. The molecular formula is C16H20N2S. The van der Waals surface area contributed by atoms with Gasteiger partial charge >= 0.3 is 0 Å². The Morgan fingerprint density at radius 2 is 1.89 bits per heavy atom. The van der Waals surface area contributed by atoms with E-state index in [2.05, 4.69) is 50.4 Å². The third kappa shape index (κ3) is 2.81. The Morgan fingerprint density at radius 3 is 2.47 bits per heavy atom. The van der Waals surface area contributed by atoms with Gasteiger partial charge < -0.3 is 5.32 Å². The zero-order valence-corrected chi connectivity index (χ0v) is 12.6. The number of benzene rings is 1. The summed E-state index contributed by atoms with van der Waals surface area (Å²) in [5.41, 5.74) is 3.73. The van der Waals surface area contributed by atoms with Crippen molar-refractivity contribution >= 4 is 16.5 Å². The molecule has 1 heterocycles. The number of hydrogen-bond donors (Lipinski definition) is 1. The largest absolute Gasteiger partial charge is 0.359 e. The minimum absolute atomic E-state index is 0.581. The lowest BCUT2D eigenvalue weighted by Gasteiger charge is -2.06. The molecule has 1 N–H and O–H groups in total. The van der Waals surface area contributed by atoms with Gasteiger partial charge in [-0.15, -0.1) is 11.3 Å². The molecule has 1 aliphatic carbocycles. The summed E-state index contributed by atoms with van der Waals surface area (Å²) in [6.45, 7) is 6.60. The van der Waals surface area contributed by atoms with Crippen LogP contribution in [0.25, 0.3) is 11.3 Å². The lowest BCUT2D eigenvalue weighted by atomic mass is 10.0. The van der Waals surface area contributed by atoms with E-state index in [4.69, 9.17) is 4.98 Å². The first-order valence-corrected chi connectivity index (χ1v) is 7.79. The van der Waals surface area contributed by atoms with Gasteiger partial charge in [0.15, 0.2) is 5.13 Å². The molecule has 0 saturated heterocycles. The fourth-order valence-electron chi connectivity index (χ4n) is 2.15. The Hall–Kier alpha value is -1.35. The summed E-state index contributed by atoms with van der Waals surface area (Å²) in [4.78, 5) is 6.03. The first kappa shape index (κ1) is 12.7. The number of anilines is 1. The Bertz CT molecular complexity index is 565. The monoisotopic (exact) mass is 272 g/mol. The second kappa shape index (κ2) is 4.97. The van der Waals surface area contributed by atoms with Crippen molar-refractivity contribution in [3.63, 3.8) is 0 Å². The second-order valence-corrected chi connectivity index (χ2v) is 6.82. The van der Waals surface area contributed by atoms with E-state index in [-0.39, 0.29) is 0 Å². The summed E-state index contributed by atoms with van der Waals surface area (Å²) in [5.74, 6) is 0.581. The fourth-order valence-corrected chi connectivity index (χ4v) is 3.07. The van der Waals surface area contributed by atoms with Gasteiger partial charge in [-0.05, 0) is 31.2 Å². The highest BCUT2D eigenvalue weighted by Crippen LogP contribution is 2.33. The number of thiazole rings is 1. The van der Waals surface area contributed by atoms with Crippen LogP contribution in [-0.2, 0) is 0 Å². The van der Waals surface area contributed by atoms with Gasteiger partial charge in [-0.3, -0.25) is 0 Å². The number of hydrogen-bond acceptors (Lipinski definition) is 3. The number of aromatic nitrogens is 1. The molecule has 0 amide bonds. The normalized spacial score (nSPS) is 14.9. The van der Waals surface area contributed by atoms with Crippen LogP contribution < -0.4 is 5.32 Å². The lowest BCUT2D eigenvalue weighted by molar-refractivity contribution is 0.867. The Labute approximate surface area is 118 Å². The minimum atomic E-state index is 0.581. The third-order valence-electron chi connectivity index (χ3n) is 3.55. The number of rotatable bonds is 4. The van der Waals surface area contributed by atoms with E-state index in [1.165, 1.54) is 28.8 Å². The molecular weight excluding hydrogens is 252 g/mol. The molecule has 1 fully saturated rings. The summed E-state index contributed by atoms with van der Waals surface area (Å²) < 4.78 is 0. The van der Waals surface area contributed by atoms with Crippen LogP contribution in [0.4, 0.5) is 5.13 Å². The molecule has 1 aromatic carbocycles. The highest BCUT2D eigenvalue weighted by atomic mass is 32.1. The van der Waals surface area contributed by atoms with Gasteiger partial charge in [-0.2, -0.15) is 0 Å². The van der Waals surface area contributed by atoms with Gasteiger partial charge in [0.2, 0.25) is 0 Å². The topological polar surface area (TPSA) is 24.9 Å². The predicted molar refractivity (Wildman–Crippen MR) is 83.0 cm³/mol. The molecule has 1 aromatic heterocycles. The number of aryl methyl sites for hydroxylation is 1. The van der Waals surface area contributed by atoms with Crippen LogP contribution in [-0.4, -0.2) is 11.0 Å². The SMILES string of the molecule is Cc1sc(NC2CC2)nc1-c1ccc(C(C)C)cc1. The Balaban J connectivity index is 1.85. The molecule has 0 unspecified atom stereocenters. The number of nitrogens with one attached hydrogen (secondary N) is 1. The first-order valence-electron chi connectivity index (χ1n) is 6.98. The van der Waals surface area contributed by atoms with E-state index in [0.717, 1.165) is 10.8 Å². The van der Waals surface area contributed by atoms with E-state index in [1.54, 1.807) is 11.3 Å². The zero-order chi connectivity index (χ0) is 13.4. The van der Waals surface area contributed by atoms with Crippen molar-refractivity contribution in [1.29, 1.82) is 0 Å². The summed E-state index contributed by atoms with van der Waals surface area (Å²) in [7, 11) is 0. The van der Waals surface area contributed by atoms with E-state index in [1.807, 2.05) is 0 Å². The van der Waals surface area contributed by atoms with Crippen LogP contribution in [0.5, 0.6) is 0 Å². The minimum Gasteiger partial charge on any atom is -0.359 e. The molecule has 0 aliphatic heterocycles. The van der Waals surface area contributed by atoms with Crippen LogP contribution in [0.1, 0.15) is 43.0 Å². The predicted octanol–water partition coefficient (Wildman–Crippen LogP) is 4.82.